The largest absolute Gasteiger partial charge is 0.327 e. The lowest BCUT2D eigenvalue weighted by molar-refractivity contribution is -0.301. The van der Waals surface area contributed by atoms with Crippen molar-refractivity contribution in [2.24, 2.45) is 0 Å². The first-order valence-electron chi connectivity index (χ1n) is 5.36. The van der Waals surface area contributed by atoms with Crippen molar-refractivity contribution >= 4 is 0 Å². The van der Waals surface area contributed by atoms with Gasteiger partial charge in [0, 0.05) is 0 Å². The molecule has 0 bridgehead atoms. The third-order valence-electron chi connectivity index (χ3n) is 2.48. The first kappa shape index (κ1) is 8.21. The normalized spacial score (nSPS) is 28.4. The summed E-state index contributed by atoms with van der Waals surface area (Å²) >= 11 is 0. The second-order valence-corrected chi connectivity index (χ2v) is 4.29. The van der Waals surface area contributed by atoms with E-state index in [0.29, 0.717) is 18.3 Å². The van der Waals surface area contributed by atoms with Gasteiger partial charge in [-0.3, -0.25) is 0 Å². The van der Waals surface area contributed by atoms with Crippen molar-refractivity contribution in [3.8, 4) is 0 Å². The molecule has 0 heterocycles. The molecule has 13 heavy (non-hydrogen) atoms. The predicted molar refractivity (Wildman–Crippen MR) is 46.1 cm³/mol. The van der Waals surface area contributed by atoms with Gasteiger partial charge in [0.1, 0.15) is 0 Å². The number of hydrogen-bond donors (Lipinski definition) is 0. The summed E-state index contributed by atoms with van der Waals surface area (Å²) in [6.45, 7) is -0.354. The molecule has 3 aliphatic rings. The van der Waals surface area contributed by atoms with E-state index in [0.717, 1.165) is 0 Å². The molecule has 0 amide bonds. The molecule has 3 rings (SSSR count). The molecular weight excluding hydrogens is 168 g/mol. The van der Waals surface area contributed by atoms with E-state index >= 15 is 0 Å². The maximum atomic E-state index is 5.62. The Bertz CT molecular complexity index is 149. The molecule has 0 aromatic carbocycles. The van der Waals surface area contributed by atoms with Gasteiger partial charge in [0.25, 0.3) is 6.48 Å². The molecule has 3 nitrogen and oxygen atoms in total. The Hall–Kier alpha value is -0.120. The lowest BCUT2D eigenvalue weighted by Gasteiger charge is -2.17. The Labute approximate surface area is 78.3 Å². The van der Waals surface area contributed by atoms with Crippen molar-refractivity contribution < 1.29 is 14.2 Å². The fraction of sp³-hybridized carbons (Fsp3) is 1.00. The van der Waals surface area contributed by atoms with Crippen LogP contribution in [0.25, 0.3) is 0 Å². The zero-order chi connectivity index (χ0) is 8.67. The summed E-state index contributed by atoms with van der Waals surface area (Å²) in [6, 6.07) is 0. The van der Waals surface area contributed by atoms with Gasteiger partial charge in [-0.15, -0.1) is 0 Å². The second kappa shape index (κ2) is 3.23. The van der Waals surface area contributed by atoms with Gasteiger partial charge in [0.05, 0.1) is 18.3 Å². The Morgan fingerprint density at radius 1 is 0.615 bits per heavy atom. The van der Waals surface area contributed by atoms with Gasteiger partial charge < -0.3 is 14.2 Å². The highest BCUT2D eigenvalue weighted by Crippen LogP contribution is 2.33. The first-order chi connectivity index (χ1) is 6.40. The van der Waals surface area contributed by atoms with Crippen molar-refractivity contribution in [1.82, 2.24) is 0 Å². The van der Waals surface area contributed by atoms with Crippen LogP contribution in [0.15, 0.2) is 0 Å². The van der Waals surface area contributed by atoms with E-state index in [1.807, 2.05) is 0 Å². The zero-order valence-corrected chi connectivity index (χ0v) is 7.78. The van der Waals surface area contributed by atoms with Crippen LogP contribution in [0.5, 0.6) is 0 Å². The maximum Gasteiger partial charge on any atom is 0.272 e. The Balaban J connectivity index is 1.45. The van der Waals surface area contributed by atoms with Crippen molar-refractivity contribution in [2.75, 3.05) is 0 Å². The third-order valence-corrected chi connectivity index (χ3v) is 2.48. The maximum absolute atomic E-state index is 5.62. The van der Waals surface area contributed by atoms with E-state index in [-0.39, 0.29) is 6.48 Å². The highest BCUT2D eigenvalue weighted by atomic mass is 16.9. The fourth-order valence-electron chi connectivity index (χ4n) is 1.18. The summed E-state index contributed by atoms with van der Waals surface area (Å²) in [6.07, 6.45) is 8.33. The summed E-state index contributed by atoms with van der Waals surface area (Å²) < 4.78 is 16.9. The third kappa shape index (κ3) is 2.66. The van der Waals surface area contributed by atoms with Crippen molar-refractivity contribution in [3.05, 3.63) is 0 Å². The van der Waals surface area contributed by atoms with Gasteiger partial charge in [0.2, 0.25) is 0 Å². The van der Waals surface area contributed by atoms with Gasteiger partial charge in [-0.2, -0.15) is 0 Å². The van der Waals surface area contributed by atoms with Crippen LogP contribution in [0.3, 0.4) is 0 Å². The molecule has 0 atom stereocenters. The molecule has 0 spiro atoms. The molecule has 3 heteroatoms. The minimum atomic E-state index is -0.354. The van der Waals surface area contributed by atoms with E-state index in [1.165, 1.54) is 38.5 Å². The molecule has 0 saturated heterocycles. The molecule has 0 aliphatic heterocycles. The molecule has 0 N–H and O–H groups in total. The van der Waals surface area contributed by atoms with E-state index in [9.17, 15) is 0 Å². The summed E-state index contributed by atoms with van der Waals surface area (Å²) in [7, 11) is 0. The highest BCUT2D eigenvalue weighted by molar-refractivity contribution is 4.78. The lowest BCUT2D eigenvalue weighted by atomic mass is 10.8. The average molecular weight is 184 g/mol. The molecule has 0 aromatic rings. The first-order valence-corrected chi connectivity index (χ1v) is 5.36. The SMILES string of the molecule is C1CC1OC(OC1CC1)OC1CC1. The van der Waals surface area contributed by atoms with Crippen LogP contribution in [0, 0.1) is 0 Å². The van der Waals surface area contributed by atoms with Crippen LogP contribution in [-0.2, 0) is 14.2 Å². The van der Waals surface area contributed by atoms with Crippen LogP contribution >= 0.6 is 0 Å². The van der Waals surface area contributed by atoms with Crippen LogP contribution in [0.2, 0.25) is 0 Å². The molecule has 3 fully saturated rings. The lowest BCUT2D eigenvalue weighted by Crippen LogP contribution is -2.24. The summed E-state index contributed by atoms with van der Waals surface area (Å²) in [4.78, 5) is 0. The van der Waals surface area contributed by atoms with Crippen LogP contribution < -0.4 is 0 Å². The summed E-state index contributed by atoms with van der Waals surface area (Å²) in [5, 5.41) is 0. The second-order valence-electron chi connectivity index (χ2n) is 4.29. The van der Waals surface area contributed by atoms with E-state index in [4.69, 9.17) is 14.2 Å². The van der Waals surface area contributed by atoms with Gasteiger partial charge in [0.15, 0.2) is 0 Å². The molecule has 0 aromatic heterocycles. The van der Waals surface area contributed by atoms with Gasteiger partial charge in [-0.05, 0) is 38.5 Å². The van der Waals surface area contributed by atoms with Crippen LogP contribution in [0.1, 0.15) is 38.5 Å². The summed E-state index contributed by atoms with van der Waals surface area (Å²) in [5.41, 5.74) is 0. The molecule has 3 aliphatic carbocycles. The smallest absolute Gasteiger partial charge is 0.272 e. The predicted octanol–water partition coefficient (Wildman–Crippen LogP) is 1.81. The Morgan fingerprint density at radius 3 is 1.15 bits per heavy atom. The van der Waals surface area contributed by atoms with Gasteiger partial charge >= 0.3 is 0 Å². The topological polar surface area (TPSA) is 27.7 Å². The van der Waals surface area contributed by atoms with Gasteiger partial charge in [-0.25, -0.2) is 0 Å². The van der Waals surface area contributed by atoms with E-state index in [1.54, 1.807) is 0 Å². The van der Waals surface area contributed by atoms with Crippen molar-refractivity contribution in [2.45, 2.75) is 63.3 Å². The quantitative estimate of drug-likeness (QED) is 0.589. The number of rotatable bonds is 6. The zero-order valence-electron chi connectivity index (χ0n) is 7.78. The Morgan fingerprint density at radius 2 is 0.923 bits per heavy atom. The minimum Gasteiger partial charge on any atom is -0.327 e. The average Bonchev–Trinajstić information content (AvgIpc) is 2.94. The van der Waals surface area contributed by atoms with Crippen molar-refractivity contribution in [3.63, 3.8) is 0 Å². The minimum absolute atomic E-state index is 0.354. The van der Waals surface area contributed by atoms with Crippen LogP contribution in [0.4, 0.5) is 0 Å². The molecule has 74 valence electrons. The molecule has 3 saturated carbocycles. The van der Waals surface area contributed by atoms with Gasteiger partial charge in [-0.1, -0.05) is 0 Å². The standard InChI is InChI=1S/C10H16O3/c1-2-7(1)11-10(12-8-3-4-8)13-9-5-6-9/h7-10H,1-6H2. The van der Waals surface area contributed by atoms with Crippen molar-refractivity contribution in [1.29, 1.82) is 0 Å². The number of ether oxygens (including phenoxy) is 3. The highest BCUT2D eigenvalue weighted by Gasteiger charge is 2.35. The Kier molecular flexibility index (Phi) is 2.04. The van der Waals surface area contributed by atoms with Crippen LogP contribution in [-0.4, -0.2) is 24.8 Å². The fourth-order valence-corrected chi connectivity index (χ4v) is 1.18. The summed E-state index contributed by atoms with van der Waals surface area (Å²) in [5.74, 6) is 0. The molecule has 0 unspecified atom stereocenters. The number of hydrogen-bond acceptors (Lipinski definition) is 3. The van der Waals surface area contributed by atoms with E-state index < -0.39 is 0 Å². The van der Waals surface area contributed by atoms with E-state index in [2.05, 4.69) is 0 Å². The molecular formula is C10H16O3. The monoisotopic (exact) mass is 184 g/mol. The molecule has 0 radical (unpaired) electrons.